The van der Waals surface area contributed by atoms with E-state index in [1.807, 2.05) is 0 Å². The van der Waals surface area contributed by atoms with Crippen molar-refractivity contribution in [1.82, 2.24) is 4.98 Å². The molecule has 0 spiro atoms. The molecule has 0 aliphatic carbocycles. The number of rotatable bonds is 3. The van der Waals surface area contributed by atoms with Crippen LogP contribution in [0.2, 0.25) is 0 Å². The summed E-state index contributed by atoms with van der Waals surface area (Å²) < 4.78 is 18.4. The van der Waals surface area contributed by atoms with E-state index in [0.29, 0.717) is 0 Å². The van der Waals surface area contributed by atoms with Crippen molar-refractivity contribution in [2.45, 2.75) is 0 Å². The Morgan fingerprint density at radius 3 is 2.71 bits per heavy atom. The Labute approximate surface area is 96.3 Å². The van der Waals surface area contributed by atoms with Gasteiger partial charge >= 0.3 is 5.97 Å². The largest absolute Gasteiger partial charge is 0.477 e. The van der Waals surface area contributed by atoms with E-state index in [1.165, 1.54) is 36.5 Å². The third kappa shape index (κ3) is 2.39. The average molecular weight is 233 g/mol. The van der Waals surface area contributed by atoms with Gasteiger partial charge in [-0.05, 0) is 24.3 Å². The summed E-state index contributed by atoms with van der Waals surface area (Å²) in [6.07, 6.45) is 1.38. The van der Waals surface area contributed by atoms with Gasteiger partial charge in [0.1, 0.15) is 5.56 Å². The van der Waals surface area contributed by atoms with Gasteiger partial charge in [-0.25, -0.2) is 14.2 Å². The number of carbonyl (C=O) groups is 1. The molecular formula is C12H8FNO3. The highest BCUT2D eigenvalue weighted by Gasteiger charge is 2.13. The third-order valence-electron chi connectivity index (χ3n) is 2.04. The quantitative estimate of drug-likeness (QED) is 0.885. The maximum Gasteiger partial charge on any atom is 0.341 e. The zero-order chi connectivity index (χ0) is 12.3. The second kappa shape index (κ2) is 4.61. The van der Waals surface area contributed by atoms with Crippen LogP contribution >= 0.6 is 0 Å². The highest BCUT2D eigenvalue weighted by molar-refractivity contribution is 5.90. The maximum absolute atomic E-state index is 13.3. The van der Waals surface area contributed by atoms with E-state index in [4.69, 9.17) is 9.84 Å². The summed E-state index contributed by atoms with van der Waals surface area (Å²) >= 11 is 0. The first kappa shape index (κ1) is 11.1. The molecular weight excluding hydrogens is 225 g/mol. The lowest BCUT2D eigenvalue weighted by atomic mass is 10.3. The van der Waals surface area contributed by atoms with Crippen LogP contribution in [0.15, 0.2) is 42.6 Å². The number of ether oxygens (including phenoxy) is 1. The molecule has 1 aromatic heterocycles. The molecule has 2 rings (SSSR count). The number of hydrogen-bond donors (Lipinski definition) is 1. The Morgan fingerprint density at radius 2 is 2.00 bits per heavy atom. The molecule has 0 saturated carbocycles. The van der Waals surface area contributed by atoms with Gasteiger partial charge in [-0.1, -0.05) is 12.1 Å². The van der Waals surface area contributed by atoms with Crippen LogP contribution in [0.3, 0.4) is 0 Å². The molecule has 1 aromatic carbocycles. The summed E-state index contributed by atoms with van der Waals surface area (Å²) in [4.78, 5) is 14.6. The number of nitrogens with zero attached hydrogens (tertiary/aromatic N) is 1. The smallest absolute Gasteiger partial charge is 0.341 e. The van der Waals surface area contributed by atoms with Crippen LogP contribution in [0, 0.1) is 5.82 Å². The van der Waals surface area contributed by atoms with Gasteiger partial charge < -0.3 is 9.84 Å². The Balaban J connectivity index is 2.37. The van der Waals surface area contributed by atoms with E-state index in [-0.39, 0.29) is 17.2 Å². The molecule has 4 nitrogen and oxygen atoms in total. The first-order valence-corrected chi connectivity index (χ1v) is 4.79. The van der Waals surface area contributed by atoms with Crippen molar-refractivity contribution >= 4 is 5.97 Å². The minimum atomic E-state index is -1.18. The molecule has 0 saturated heterocycles. The number of carboxylic acid groups (broad SMARTS) is 1. The predicted octanol–water partition coefficient (Wildman–Crippen LogP) is 2.71. The number of pyridine rings is 1. The summed E-state index contributed by atoms with van der Waals surface area (Å²) in [6.45, 7) is 0. The molecule has 0 aliphatic heterocycles. The van der Waals surface area contributed by atoms with Crippen LogP contribution in [0.25, 0.3) is 0 Å². The summed E-state index contributed by atoms with van der Waals surface area (Å²) in [6, 6.07) is 8.53. The standard InChI is InChI=1S/C12H8FNO3/c13-9-5-1-2-6-10(9)17-11-8(12(15)16)4-3-7-14-11/h1-7H,(H,15,16). The summed E-state index contributed by atoms with van der Waals surface area (Å²) in [5.41, 5.74) is -0.115. The van der Waals surface area contributed by atoms with Crippen molar-refractivity contribution < 1.29 is 19.0 Å². The summed E-state index contributed by atoms with van der Waals surface area (Å²) in [7, 11) is 0. The van der Waals surface area contributed by atoms with E-state index in [1.54, 1.807) is 6.07 Å². The van der Waals surface area contributed by atoms with E-state index in [0.717, 1.165) is 0 Å². The number of aromatic nitrogens is 1. The number of carboxylic acids is 1. The molecule has 1 N–H and O–H groups in total. The molecule has 0 unspecified atom stereocenters. The van der Waals surface area contributed by atoms with Gasteiger partial charge in [0.25, 0.3) is 0 Å². The van der Waals surface area contributed by atoms with Crippen molar-refractivity contribution in [2.75, 3.05) is 0 Å². The van der Waals surface area contributed by atoms with Gasteiger partial charge in [0, 0.05) is 6.20 Å². The van der Waals surface area contributed by atoms with Crippen molar-refractivity contribution in [1.29, 1.82) is 0 Å². The lowest BCUT2D eigenvalue weighted by Crippen LogP contribution is -2.02. The van der Waals surface area contributed by atoms with Crippen LogP contribution in [0.4, 0.5) is 4.39 Å². The fraction of sp³-hybridized carbons (Fsp3) is 0. The highest BCUT2D eigenvalue weighted by Crippen LogP contribution is 2.24. The summed E-state index contributed by atoms with van der Waals surface area (Å²) in [5.74, 6) is -1.95. The lowest BCUT2D eigenvalue weighted by Gasteiger charge is -2.07. The maximum atomic E-state index is 13.3. The van der Waals surface area contributed by atoms with Crippen LogP contribution in [0.5, 0.6) is 11.6 Å². The highest BCUT2D eigenvalue weighted by atomic mass is 19.1. The molecule has 86 valence electrons. The van der Waals surface area contributed by atoms with Crippen molar-refractivity contribution in [2.24, 2.45) is 0 Å². The van der Waals surface area contributed by atoms with Crippen molar-refractivity contribution in [3.05, 3.63) is 54.0 Å². The Bertz CT molecular complexity index is 557. The molecule has 0 fully saturated rings. The molecule has 1 heterocycles. The monoisotopic (exact) mass is 233 g/mol. The number of para-hydroxylation sites is 1. The van der Waals surface area contributed by atoms with Crippen LogP contribution < -0.4 is 4.74 Å². The Hall–Kier alpha value is -2.43. The second-order valence-electron chi connectivity index (χ2n) is 3.19. The number of aromatic carboxylic acids is 1. The Morgan fingerprint density at radius 1 is 1.24 bits per heavy atom. The lowest BCUT2D eigenvalue weighted by molar-refractivity contribution is 0.0693. The van der Waals surface area contributed by atoms with Crippen molar-refractivity contribution in [3.63, 3.8) is 0 Å². The van der Waals surface area contributed by atoms with Crippen molar-refractivity contribution in [3.8, 4) is 11.6 Å². The minimum Gasteiger partial charge on any atom is -0.477 e. The molecule has 0 amide bonds. The van der Waals surface area contributed by atoms with Gasteiger partial charge in [0.2, 0.25) is 5.88 Å². The molecule has 0 radical (unpaired) electrons. The van der Waals surface area contributed by atoms with Crippen LogP contribution in [-0.4, -0.2) is 16.1 Å². The topological polar surface area (TPSA) is 59.4 Å². The SMILES string of the molecule is O=C(O)c1cccnc1Oc1ccccc1F. The zero-order valence-corrected chi connectivity index (χ0v) is 8.63. The molecule has 17 heavy (non-hydrogen) atoms. The molecule has 0 bridgehead atoms. The predicted molar refractivity (Wildman–Crippen MR) is 57.7 cm³/mol. The average Bonchev–Trinajstić information content (AvgIpc) is 2.32. The number of halogens is 1. The van der Waals surface area contributed by atoms with Gasteiger partial charge in [0.05, 0.1) is 0 Å². The van der Waals surface area contributed by atoms with Gasteiger partial charge in [0.15, 0.2) is 11.6 Å². The third-order valence-corrected chi connectivity index (χ3v) is 2.04. The molecule has 2 aromatic rings. The van der Waals surface area contributed by atoms with Gasteiger partial charge in [-0.2, -0.15) is 0 Å². The summed E-state index contributed by atoms with van der Waals surface area (Å²) in [5, 5.41) is 8.90. The van der Waals surface area contributed by atoms with Crippen LogP contribution in [0.1, 0.15) is 10.4 Å². The number of benzene rings is 1. The van der Waals surface area contributed by atoms with E-state index >= 15 is 0 Å². The second-order valence-corrected chi connectivity index (χ2v) is 3.19. The van der Waals surface area contributed by atoms with E-state index in [2.05, 4.69) is 4.98 Å². The van der Waals surface area contributed by atoms with Gasteiger partial charge in [-0.15, -0.1) is 0 Å². The molecule has 0 aliphatic rings. The van der Waals surface area contributed by atoms with E-state index in [9.17, 15) is 9.18 Å². The normalized spacial score (nSPS) is 9.94. The molecule has 5 heteroatoms. The zero-order valence-electron chi connectivity index (χ0n) is 8.63. The number of hydrogen-bond acceptors (Lipinski definition) is 3. The molecule has 0 atom stereocenters. The fourth-order valence-electron chi connectivity index (χ4n) is 1.27. The van der Waals surface area contributed by atoms with Crippen LogP contribution in [-0.2, 0) is 0 Å². The minimum absolute atomic E-state index is 0.0614. The first-order valence-electron chi connectivity index (χ1n) is 4.79. The van der Waals surface area contributed by atoms with E-state index < -0.39 is 11.8 Å². The fourth-order valence-corrected chi connectivity index (χ4v) is 1.27. The Kier molecular flexibility index (Phi) is 3.00. The van der Waals surface area contributed by atoms with Gasteiger partial charge in [-0.3, -0.25) is 0 Å². The first-order chi connectivity index (χ1) is 8.18.